The molecule has 0 radical (unpaired) electrons. The number of allylic oxidation sites excluding steroid dienone is 1. The number of nitro groups is 1. The van der Waals surface area contributed by atoms with Crippen LogP contribution < -0.4 is 10.2 Å². The van der Waals surface area contributed by atoms with E-state index in [9.17, 15) is 24.5 Å². The molecule has 0 bridgehead atoms. The lowest BCUT2D eigenvalue weighted by atomic mass is 9.90. The van der Waals surface area contributed by atoms with Gasteiger partial charge in [0.1, 0.15) is 22.5 Å². The molecule has 1 atom stereocenters. The fourth-order valence-corrected chi connectivity index (χ4v) is 5.38. The topological polar surface area (TPSA) is 168 Å². The van der Waals surface area contributed by atoms with Crippen LogP contribution in [0.2, 0.25) is 0 Å². The van der Waals surface area contributed by atoms with Crippen LogP contribution in [0.4, 0.5) is 30.3 Å². The van der Waals surface area contributed by atoms with Crippen LogP contribution in [0, 0.1) is 15.9 Å². The number of hydrogen-bond donors (Lipinski definition) is 1. The number of carbonyl (C=O) groups is 3. The lowest BCUT2D eigenvalue weighted by Crippen LogP contribution is -2.44. The van der Waals surface area contributed by atoms with Crippen molar-refractivity contribution < 1.29 is 37.9 Å². The number of benzene rings is 1. The van der Waals surface area contributed by atoms with Gasteiger partial charge in [0.15, 0.2) is 5.82 Å². The third-order valence-corrected chi connectivity index (χ3v) is 7.31. The zero-order valence-corrected chi connectivity index (χ0v) is 30.2. The van der Waals surface area contributed by atoms with Crippen molar-refractivity contribution >= 4 is 46.3 Å². The molecule has 0 fully saturated rings. The molecule has 1 N–H and O–H groups in total. The van der Waals surface area contributed by atoms with Crippen molar-refractivity contribution in [3.05, 3.63) is 52.0 Å². The highest BCUT2D eigenvalue weighted by atomic mass is 19.1. The second-order valence-corrected chi connectivity index (χ2v) is 14.9. The molecule has 0 saturated heterocycles. The van der Waals surface area contributed by atoms with E-state index in [4.69, 9.17) is 19.3 Å². The van der Waals surface area contributed by atoms with E-state index in [0.717, 1.165) is 17.7 Å². The second-order valence-electron chi connectivity index (χ2n) is 14.9. The highest BCUT2D eigenvalue weighted by molar-refractivity contribution is 6.17. The molecule has 0 spiro atoms. The molecule has 14 nitrogen and oxygen atoms in total. The fourth-order valence-electron chi connectivity index (χ4n) is 5.38. The Morgan fingerprint density at radius 2 is 1.62 bits per heavy atom. The van der Waals surface area contributed by atoms with Crippen LogP contribution in [0.1, 0.15) is 94.1 Å². The number of ether oxygens (including phenoxy) is 3. The molecule has 15 heteroatoms. The number of nitrogens with zero attached hydrogens (tertiary/aromatic N) is 5. The smallest absolute Gasteiger partial charge is 0.425 e. The Balaban J connectivity index is 1.96. The molecule has 270 valence electrons. The largest absolute Gasteiger partial charge is 0.444 e. The number of aromatic nitrogens is 3. The monoisotopic (exact) mass is 696 g/mol. The SMILES string of the molecule is CCn1nc(-c2ccc([N+](=O)[O-])c(F)c2)c2c(N(C(=O)OC(C)(C)C)C(=O)OC(C)(C)C)ncc(C3=CCC(NC(=O)OC(C)(C)C)CC3)c21. The van der Waals surface area contributed by atoms with E-state index in [1.54, 1.807) is 67.0 Å². The maximum Gasteiger partial charge on any atom is 0.425 e. The molecule has 2 heterocycles. The first-order chi connectivity index (χ1) is 23.1. The lowest BCUT2D eigenvalue weighted by molar-refractivity contribution is -0.387. The van der Waals surface area contributed by atoms with Crippen LogP contribution in [-0.4, -0.2) is 60.8 Å². The Morgan fingerprint density at radius 1 is 1.02 bits per heavy atom. The quantitative estimate of drug-likeness (QED) is 0.150. The van der Waals surface area contributed by atoms with Crippen molar-refractivity contribution in [2.75, 3.05) is 4.90 Å². The van der Waals surface area contributed by atoms with E-state index in [1.807, 2.05) is 13.0 Å². The first-order valence-corrected chi connectivity index (χ1v) is 16.4. The van der Waals surface area contributed by atoms with Crippen molar-refractivity contribution in [2.45, 2.75) is 118 Å². The molecule has 3 amide bonds. The summed E-state index contributed by atoms with van der Waals surface area (Å²) in [6.07, 6.45) is 2.45. The molecule has 0 aliphatic heterocycles. The van der Waals surface area contributed by atoms with Crippen LogP contribution in [0.25, 0.3) is 27.7 Å². The molecule has 0 saturated carbocycles. The van der Waals surface area contributed by atoms with Gasteiger partial charge < -0.3 is 19.5 Å². The molecule has 1 unspecified atom stereocenters. The average molecular weight is 697 g/mol. The number of halogens is 1. The second kappa shape index (κ2) is 14.0. The van der Waals surface area contributed by atoms with Gasteiger partial charge >= 0.3 is 24.0 Å². The number of carbonyl (C=O) groups excluding carboxylic acids is 3. The number of aryl methyl sites for hydroxylation is 1. The van der Waals surface area contributed by atoms with Crippen molar-refractivity contribution in [3.63, 3.8) is 0 Å². The number of pyridine rings is 1. The summed E-state index contributed by atoms with van der Waals surface area (Å²) in [5.74, 6) is -1.27. The number of rotatable bonds is 6. The Bertz CT molecular complexity index is 1820. The summed E-state index contributed by atoms with van der Waals surface area (Å²) in [6, 6.07) is 3.17. The highest BCUT2D eigenvalue weighted by Gasteiger charge is 2.37. The van der Waals surface area contributed by atoms with E-state index in [1.165, 1.54) is 12.3 Å². The van der Waals surface area contributed by atoms with Gasteiger partial charge in [0, 0.05) is 36.0 Å². The predicted octanol–water partition coefficient (Wildman–Crippen LogP) is 8.30. The van der Waals surface area contributed by atoms with Crippen molar-refractivity contribution in [1.82, 2.24) is 20.1 Å². The Labute approximate surface area is 290 Å². The van der Waals surface area contributed by atoms with E-state index in [-0.39, 0.29) is 28.5 Å². The Morgan fingerprint density at radius 3 is 2.10 bits per heavy atom. The molecule has 1 aliphatic rings. The van der Waals surface area contributed by atoms with Gasteiger partial charge in [-0.2, -0.15) is 14.4 Å². The van der Waals surface area contributed by atoms with E-state index >= 15 is 4.39 Å². The molecule has 2 aromatic heterocycles. The predicted molar refractivity (Wildman–Crippen MR) is 185 cm³/mol. The summed E-state index contributed by atoms with van der Waals surface area (Å²) >= 11 is 0. The van der Waals surface area contributed by atoms with Crippen molar-refractivity contribution in [2.24, 2.45) is 0 Å². The van der Waals surface area contributed by atoms with Crippen LogP contribution in [0.5, 0.6) is 0 Å². The average Bonchev–Trinajstić information content (AvgIpc) is 3.35. The minimum atomic E-state index is -1.09. The number of nitrogens with one attached hydrogen (secondary N) is 1. The number of anilines is 1. The molecule has 3 aromatic rings. The first-order valence-electron chi connectivity index (χ1n) is 16.4. The third kappa shape index (κ3) is 8.93. The molecular weight excluding hydrogens is 651 g/mol. The zero-order valence-electron chi connectivity index (χ0n) is 30.2. The normalized spacial score (nSPS) is 15.3. The number of amides is 3. The maximum absolute atomic E-state index is 15.1. The van der Waals surface area contributed by atoms with Gasteiger partial charge in [-0.3, -0.25) is 14.8 Å². The fraction of sp³-hybridized carbons (Fsp3) is 0.514. The lowest BCUT2D eigenvalue weighted by Gasteiger charge is -2.29. The Hall–Kier alpha value is -5.08. The van der Waals surface area contributed by atoms with Crippen LogP contribution >= 0.6 is 0 Å². The van der Waals surface area contributed by atoms with Gasteiger partial charge in [0.05, 0.1) is 15.8 Å². The summed E-state index contributed by atoms with van der Waals surface area (Å²) in [4.78, 5) is 55.9. The van der Waals surface area contributed by atoms with E-state index in [2.05, 4.69) is 10.3 Å². The van der Waals surface area contributed by atoms with Crippen molar-refractivity contribution in [1.29, 1.82) is 0 Å². The molecular formula is C35H45FN6O8. The third-order valence-electron chi connectivity index (χ3n) is 7.31. The first kappa shape index (κ1) is 37.7. The number of hydrogen-bond acceptors (Lipinski definition) is 10. The molecule has 1 aliphatic carbocycles. The number of imide groups is 1. The molecule has 1 aromatic carbocycles. The van der Waals surface area contributed by atoms with Gasteiger partial charge in [-0.1, -0.05) is 6.08 Å². The van der Waals surface area contributed by atoms with Crippen LogP contribution in [-0.2, 0) is 20.8 Å². The zero-order chi connectivity index (χ0) is 37.3. The summed E-state index contributed by atoms with van der Waals surface area (Å²) < 4.78 is 33.4. The minimum absolute atomic E-state index is 0.123. The highest BCUT2D eigenvalue weighted by Crippen LogP contribution is 2.41. The summed E-state index contributed by atoms with van der Waals surface area (Å²) in [5, 5.41) is 19.3. The van der Waals surface area contributed by atoms with E-state index in [0.29, 0.717) is 41.8 Å². The van der Waals surface area contributed by atoms with Crippen LogP contribution in [0.15, 0.2) is 30.5 Å². The van der Waals surface area contributed by atoms with Gasteiger partial charge in [-0.15, -0.1) is 0 Å². The summed E-state index contributed by atoms with van der Waals surface area (Å²) in [7, 11) is 0. The molecule has 50 heavy (non-hydrogen) atoms. The standard InChI is InChI=1S/C35H45FN6O8/c1-11-40-28-23(20-12-15-22(16-13-20)38-30(43)48-33(2,3)4)19-37-29(41(31(44)49-34(5,6)7)32(45)50-35(8,9)10)26(28)27(39-40)21-14-17-25(42(46)47)24(36)18-21/h12,14,17-19,22H,11,13,15-16H2,1-10H3,(H,38,43). The summed E-state index contributed by atoms with van der Waals surface area (Å²) in [5.41, 5.74) is -1.13. The van der Waals surface area contributed by atoms with Gasteiger partial charge in [0.25, 0.3) is 0 Å². The maximum atomic E-state index is 15.1. The van der Waals surface area contributed by atoms with Gasteiger partial charge in [-0.05, 0) is 106 Å². The number of alkyl carbamates (subject to hydrolysis) is 1. The van der Waals surface area contributed by atoms with Crippen LogP contribution in [0.3, 0.4) is 0 Å². The summed E-state index contributed by atoms with van der Waals surface area (Å²) in [6.45, 7) is 17.4. The molecule has 4 rings (SSSR count). The number of fused-ring (bicyclic) bond motifs is 1. The van der Waals surface area contributed by atoms with E-state index < -0.39 is 51.5 Å². The van der Waals surface area contributed by atoms with Crippen molar-refractivity contribution in [3.8, 4) is 11.3 Å². The van der Waals surface area contributed by atoms with Gasteiger partial charge in [-0.25, -0.2) is 19.4 Å². The Kier molecular flexibility index (Phi) is 10.6. The van der Waals surface area contributed by atoms with Gasteiger partial charge in [0.2, 0.25) is 5.82 Å². The minimum Gasteiger partial charge on any atom is -0.444 e. The number of nitro benzene ring substituents is 1.